The first-order valence-electron chi connectivity index (χ1n) is 7.23. The Kier molecular flexibility index (Phi) is 14.3. The summed E-state index contributed by atoms with van der Waals surface area (Å²) in [6.45, 7) is 4.72. The topological polar surface area (TPSA) is 140 Å². The molecule has 9 heteroatoms. The van der Waals surface area contributed by atoms with Crippen molar-refractivity contribution in [1.82, 2.24) is 0 Å². The Morgan fingerprint density at radius 2 is 1.13 bits per heavy atom. The Bertz CT molecular complexity index is 332. The number of hydrogen-bond acceptors (Lipinski definition) is 9. The molecule has 0 heterocycles. The zero-order valence-corrected chi connectivity index (χ0v) is 13.7. The summed E-state index contributed by atoms with van der Waals surface area (Å²) >= 11 is 0. The normalized spacial score (nSPS) is 10.2. The van der Waals surface area contributed by atoms with E-state index in [1.54, 1.807) is 20.8 Å². The highest BCUT2D eigenvalue weighted by Gasteiger charge is 2.43. The molecule has 136 valence electrons. The molecule has 0 saturated heterocycles. The second-order valence-corrected chi connectivity index (χ2v) is 4.16. The van der Waals surface area contributed by atoms with Crippen molar-refractivity contribution in [3.8, 4) is 0 Å². The lowest BCUT2D eigenvalue weighted by Gasteiger charge is -2.23. The average molecular weight is 338 g/mol. The third kappa shape index (κ3) is 11.5. The van der Waals surface area contributed by atoms with Gasteiger partial charge in [-0.2, -0.15) is 0 Å². The van der Waals surface area contributed by atoms with Gasteiger partial charge in [0, 0.05) is 0 Å². The van der Waals surface area contributed by atoms with Crippen LogP contribution in [0, 0.1) is 0 Å². The molecule has 0 aliphatic carbocycles. The fraction of sp³-hybridized carbons (Fsp3) is 0.786. The molecule has 0 aliphatic rings. The molecule has 0 fully saturated rings. The van der Waals surface area contributed by atoms with Gasteiger partial charge in [0.25, 0.3) is 0 Å². The molecule has 0 spiro atoms. The largest absolute Gasteiger partial charge is 0.466 e. The van der Waals surface area contributed by atoms with Crippen LogP contribution in [0.1, 0.15) is 33.6 Å². The van der Waals surface area contributed by atoms with Crippen LogP contribution in [0.5, 0.6) is 0 Å². The molecule has 0 aromatic rings. The first-order valence-corrected chi connectivity index (χ1v) is 7.23. The minimum atomic E-state index is -2.26. The van der Waals surface area contributed by atoms with E-state index in [2.05, 4.69) is 14.2 Å². The van der Waals surface area contributed by atoms with Crippen LogP contribution in [0.3, 0.4) is 0 Å². The smallest absolute Gasteiger partial charge is 0.339 e. The van der Waals surface area contributed by atoms with Crippen LogP contribution in [-0.2, 0) is 28.6 Å². The van der Waals surface area contributed by atoms with Gasteiger partial charge in [0.05, 0.1) is 45.9 Å². The number of aliphatic hydroxyl groups is 3. The molecule has 0 unspecified atom stereocenters. The Morgan fingerprint density at radius 1 is 0.783 bits per heavy atom. The van der Waals surface area contributed by atoms with Gasteiger partial charge in [0.15, 0.2) is 5.60 Å². The van der Waals surface area contributed by atoms with Gasteiger partial charge in [0.1, 0.15) is 0 Å². The second kappa shape index (κ2) is 13.9. The van der Waals surface area contributed by atoms with Crippen molar-refractivity contribution in [2.24, 2.45) is 0 Å². The van der Waals surface area contributed by atoms with E-state index in [0.717, 1.165) is 0 Å². The number of ether oxygens (including phenoxy) is 3. The van der Waals surface area contributed by atoms with Gasteiger partial charge in [-0.1, -0.05) is 0 Å². The average Bonchev–Trinajstić information content (AvgIpc) is 2.47. The Hall–Kier alpha value is -1.71. The quantitative estimate of drug-likeness (QED) is 0.362. The molecule has 0 radical (unpaired) electrons. The lowest BCUT2D eigenvalue weighted by molar-refractivity contribution is -0.177. The summed E-state index contributed by atoms with van der Waals surface area (Å²) in [5.41, 5.74) is -2.26. The van der Waals surface area contributed by atoms with Crippen LogP contribution in [0.25, 0.3) is 0 Å². The summed E-state index contributed by atoms with van der Waals surface area (Å²) in [5, 5.41) is 25.4. The van der Waals surface area contributed by atoms with Crippen molar-refractivity contribution >= 4 is 17.9 Å². The van der Waals surface area contributed by atoms with E-state index in [0.29, 0.717) is 0 Å². The summed E-state index contributed by atoms with van der Waals surface area (Å²) in [6, 6.07) is 0. The second-order valence-electron chi connectivity index (χ2n) is 4.16. The van der Waals surface area contributed by atoms with E-state index in [1.807, 2.05) is 0 Å². The molecule has 0 bridgehead atoms. The van der Waals surface area contributed by atoms with E-state index in [4.69, 9.17) is 10.2 Å². The molecule has 0 rings (SSSR count). The van der Waals surface area contributed by atoms with Crippen LogP contribution in [0.15, 0.2) is 0 Å². The maximum absolute atomic E-state index is 11.7. The van der Waals surface area contributed by atoms with Gasteiger partial charge in [-0.3, -0.25) is 9.59 Å². The van der Waals surface area contributed by atoms with E-state index in [9.17, 15) is 19.5 Å². The number of hydrogen-bond donors (Lipinski definition) is 3. The summed E-state index contributed by atoms with van der Waals surface area (Å²) in [4.78, 5) is 34.4. The maximum atomic E-state index is 11.7. The van der Waals surface area contributed by atoms with Crippen LogP contribution < -0.4 is 0 Å². The van der Waals surface area contributed by atoms with Gasteiger partial charge >= 0.3 is 17.9 Å². The van der Waals surface area contributed by atoms with Crippen LogP contribution in [0.4, 0.5) is 0 Å². The summed E-state index contributed by atoms with van der Waals surface area (Å²) in [5.74, 6) is -2.62. The number of aliphatic hydroxyl groups excluding tert-OH is 2. The van der Waals surface area contributed by atoms with Gasteiger partial charge in [-0.25, -0.2) is 4.79 Å². The standard InChI is InChI=1S/C12H20O7.C2H6O2/c1-4-17-9(13)7-12(16,11(15)19-6-3)8-10(14)18-5-2;3-1-2-4/h16H,4-8H2,1-3H3;3-4H,1-2H2. The zero-order chi connectivity index (χ0) is 18.3. The molecular weight excluding hydrogens is 312 g/mol. The van der Waals surface area contributed by atoms with Crippen molar-refractivity contribution in [3.05, 3.63) is 0 Å². The Balaban J connectivity index is 0. The van der Waals surface area contributed by atoms with Crippen LogP contribution >= 0.6 is 0 Å². The predicted molar refractivity (Wildman–Crippen MR) is 78.3 cm³/mol. The highest BCUT2D eigenvalue weighted by Crippen LogP contribution is 2.19. The molecule has 0 aromatic heterocycles. The fourth-order valence-electron chi connectivity index (χ4n) is 1.37. The van der Waals surface area contributed by atoms with Gasteiger partial charge < -0.3 is 29.5 Å². The molecule has 0 amide bonds. The maximum Gasteiger partial charge on any atom is 0.339 e. The van der Waals surface area contributed by atoms with Crippen molar-refractivity contribution in [2.45, 2.75) is 39.2 Å². The van der Waals surface area contributed by atoms with E-state index >= 15 is 0 Å². The van der Waals surface area contributed by atoms with Gasteiger partial charge in [0.2, 0.25) is 0 Å². The minimum absolute atomic E-state index is 0.0206. The summed E-state index contributed by atoms with van der Waals surface area (Å²) < 4.78 is 14.0. The monoisotopic (exact) mass is 338 g/mol. The van der Waals surface area contributed by atoms with E-state index in [1.165, 1.54) is 0 Å². The van der Waals surface area contributed by atoms with Crippen LogP contribution in [0.2, 0.25) is 0 Å². The highest BCUT2D eigenvalue weighted by atomic mass is 16.6. The summed E-state index contributed by atoms with van der Waals surface area (Å²) in [7, 11) is 0. The molecular formula is C14H26O9. The molecule has 3 N–H and O–H groups in total. The van der Waals surface area contributed by atoms with Crippen molar-refractivity contribution < 1.29 is 43.9 Å². The lowest BCUT2D eigenvalue weighted by atomic mass is 9.95. The van der Waals surface area contributed by atoms with Crippen molar-refractivity contribution in [3.63, 3.8) is 0 Å². The summed E-state index contributed by atoms with van der Waals surface area (Å²) in [6.07, 6.45) is -1.31. The van der Waals surface area contributed by atoms with Crippen molar-refractivity contribution in [2.75, 3.05) is 33.0 Å². The van der Waals surface area contributed by atoms with Crippen LogP contribution in [-0.4, -0.2) is 71.9 Å². The Morgan fingerprint density at radius 3 is 1.39 bits per heavy atom. The zero-order valence-electron chi connectivity index (χ0n) is 13.7. The third-order valence-electron chi connectivity index (χ3n) is 2.24. The lowest BCUT2D eigenvalue weighted by Crippen LogP contribution is -2.44. The first kappa shape index (κ1) is 23.6. The van der Waals surface area contributed by atoms with Gasteiger partial charge in [-0.15, -0.1) is 0 Å². The minimum Gasteiger partial charge on any atom is -0.466 e. The molecule has 0 aliphatic heterocycles. The molecule has 0 atom stereocenters. The number of carbonyl (C=O) groups excluding carboxylic acids is 3. The van der Waals surface area contributed by atoms with E-state index < -0.39 is 36.4 Å². The number of carbonyl (C=O) groups is 3. The van der Waals surface area contributed by atoms with E-state index in [-0.39, 0.29) is 33.0 Å². The molecule has 23 heavy (non-hydrogen) atoms. The highest BCUT2D eigenvalue weighted by molar-refractivity contribution is 5.90. The SMILES string of the molecule is CCOC(=O)CC(O)(CC(=O)OCC)C(=O)OCC.OCCO. The number of rotatable bonds is 9. The van der Waals surface area contributed by atoms with Gasteiger partial charge in [-0.05, 0) is 20.8 Å². The third-order valence-corrected chi connectivity index (χ3v) is 2.24. The molecule has 9 nitrogen and oxygen atoms in total. The molecule has 0 saturated carbocycles. The fourth-order valence-corrected chi connectivity index (χ4v) is 1.37. The van der Waals surface area contributed by atoms with Crippen molar-refractivity contribution in [1.29, 1.82) is 0 Å². The first-order chi connectivity index (χ1) is 10.8. The Labute approximate surface area is 135 Å². The predicted octanol–water partition coefficient (Wildman–Crippen LogP) is -0.842. The number of esters is 3. The molecule has 0 aromatic carbocycles.